The zero-order valence-corrected chi connectivity index (χ0v) is 21.7. The number of rotatable bonds is 17. The molecule has 0 heterocycles. The molecule has 0 aliphatic heterocycles. The van der Waals surface area contributed by atoms with E-state index in [1.54, 1.807) is 20.8 Å². The van der Waals surface area contributed by atoms with E-state index in [9.17, 15) is 14.4 Å². The van der Waals surface area contributed by atoms with Crippen molar-refractivity contribution in [1.82, 2.24) is 0 Å². The molecule has 0 amide bonds. The molecule has 0 aromatic carbocycles. The van der Waals surface area contributed by atoms with Crippen LogP contribution >= 0.6 is 37.9 Å². The Kier molecular flexibility index (Phi) is 16.7. The van der Waals surface area contributed by atoms with Gasteiger partial charge in [-0.05, 0) is 6.42 Å². The van der Waals surface area contributed by atoms with Crippen molar-refractivity contribution in [3.63, 3.8) is 0 Å². The van der Waals surface area contributed by atoms with Crippen molar-refractivity contribution < 1.29 is 33.3 Å². The standard InChI is InChI=1S/C21H38O7S3/c1-5-6-7-25-11-21(12-26-18(22)8-15(2)29,13-27-19(23)9-16(3)30)14-28-20(24)10-17(4)31/h15-17,29-31H,5-14H2,1-4H3. The van der Waals surface area contributed by atoms with Gasteiger partial charge in [-0.1, -0.05) is 34.1 Å². The van der Waals surface area contributed by atoms with Crippen LogP contribution < -0.4 is 0 Å². The molecule has 0 aromatic rings. The number of thiol groups is 3. The highest BCUT2D eigenvalue weighted by Crippen LogP contribution is 2.23. The molecule has 31 heavy (non-hydrogen) atoms. The first-order chi connectivity index (χ1) is 14.5. The zero-order valence-electron chi connectivity index (χ0n) is 19.0. The molecule has 0 aliphatic carbocycles. The van der Waals surface area contributed by atoms with Crippen LogP contribution in [-0.2, 0) is 33.3 Å². The maximum absolute atomic E-state index is 12.1. The van der Waals surface area contributed by atoms with Crippen LogP contribution in [0.1, 0.15) is 59.8 Å². The lowest BCUT2D eigenvalue weighted by Crippen LogP contribution is -2.43. The first-order valence-corrected chi connectivity index (χ1v) is 12.1. The molecule has 0 fully saturated rings. The molecule has 0 saturated heterocycles. The lowest BCUT2D eigenvalue weighted by molar-refractivity contribution is -0.167. The third kappa shape index (κ3) is 16.7. The number of ether oxygens (including phenoxy) is 4. The van der Waals surface area contributed by atoms with E-state index in [1.807, 2.05) is 6.92 Å². The number of unbranched alkanes of at least 4 members (excludes halogenated alkanes) is 1. The van der Waals surface area contributed by atoms with Crippen molar-refractivity contribution in [1.29, 1.82) is 0 Å². The highest BCUT2D eigenvalue weighted by Gasteiger charge is 2.37. The van der Waals surface area contributed by atoms with Gasteiger partial charge in [0.05, 0.1) is 31.3 Å². The maximum atomic E-state index is 12.1. The number of carbonyl (C=O) groups is 3. The Hall–Kier alpha value is -0.580. The van der Waals surface area contributed by atoms with Crippen LogP contribution in [-0.4, -0.2) is 66.7 Å². The summed E-state index contributed by atoms with van der Waals surface area (Å²) in [6.45, 7) is 7.62. The lowest BCUT2D eigenvalue weighted by atomic mass is 9.92. The Morgan fingerprint density at radius 2 is 1.06 bits per heavy atom. The van der Waals surface area contributed by atoms with E-state index in [0.717, 1.165) is 12.8 Å². The molecular formula is C21H38O7S3. The van der Waals surface area contributed by atoms with E-state index in [0.29, 0.717) is 6.61 Å². The number of hydrogen-bond acceptors (Lipinski definition) is 10. The average molecular weight is 499 g/mol. The van der Waals surface area contributed by atoms with Gasteiger partial charge >= 0.3 is 17.9 Å². The summed E-state index contributed by atoms with van der Waals surface area (Å²) in [5.74, 6) is -1.32. The molecule has 0 radical (unpaired) electrons. The molecule has 0 saturated carbocycles. The molecule has 10 heteroatoms. The topological polar surface area (TPSA) is 88.1 Å². The Morgan fingerprint density at radius 3 is 1.35 bits per heavy atom. The minimum Gasteiger partial charge on any atom is -0.465 e. The van der Waals surface area contributed by atoms with E-state index in [2.05, 4.69) is 37.9 Å². The van der Waals surface area contributed by atoms with E-state index < -0.39 is 23.3 Å². The van der Waals surface area contributed by atoms with Crippen molar-refractivity contribution in [3.8, 4) is 0 Å². The summed E-state index contributed by atoms with van der Waals surface area (Å²) in [5, 5.41) is -0.480. The highest BCUT2D eigenvalue weighted by molar-refractivity contribution is 7.81. The molecule has 182 valence electrons. The van der Waals surface area contributed by atoms with Gasteiger partial charge in [0.2, 0.25) is 0 Å². The second-order valence-corrected chi connectivity index (χ2v) is 10.7. The molecule has 0 bridgehead atoms. The second-order valence-electron chi connectivity index (χ2n) is 8.05. The van der Waals surface area contributed by atoms with Crippen molar-refractivity contribution in [2.45, 2.75) is 75.5 Å². The SMILES string of the molecule is CCCCOCC(COC(=O)CC(C)S)(COC(=O)CC(C)S)COC(=O)CC(C)S. The van der Waals surface area contributed by atoms with E-state index in [1.165, 1.54) is 0 Å². The maximum Gasteiger partial charge on any atom is 0.306 e. The smallest absolute Gasteiger partial charge is 0.306 e. The predicted molar refractivity (Wildman–Crippen MR) is 130 cm³/mol. The van der Waals surface area contributed by atoms with Gasteiger partial charge in [0, 0.05) is 22.4 Å². The zero-order chi connectivity index (χ0) is 23.9. The Balaban J connectivity index is 5.36. The minimum atomic E-state index is -1.02. The second kappa shape index (κ2) is 17.0. The summed E-state index contributed by atoms with van der Waals surface area (Å²) in [6, 6.07) is 0. The third-order valence-corrected chi connectivity index (χ3v) is 4.60. The summed E-state index contributed by atoms with van der Waals surface area (Å²) in [5.41, 5.74) is -1.02. The number of carbonyl (C=O) groups excluding carboxylic acids is 3. The minimum absolute atomic E-state index is 0.101. The van der Waals surface area contributed by atoms with Crippen molar-refractivity contribution in [3.05, 3.63) is 0 Å². The molecule has 0 aliphatic rings. The molecule has 0 aromatic heterocycles. The average Bonchev–Trinajstić information content (AvgIpc) is 2.64. The van der Waals surface area contributed by atoms with Gasteiger partial charge < -0.3 is 18.9 Å². The van der Waals surface area contributed by atoms with Crippen molar-refractivity contribution >= 4 is 55.8 Å². The summed E-state index contributed by atoms with van der Waals surface area (Å²) < 4.78 is 22.0. The normalized spacial score (nSPS) is 16.0. The fraction of sp³-hybridized carbons (Fsp3) is 0.857. The third-order valence-electron chi connectivity index (χ3n) is 4.05. The van der Waals surface area contributed by atoms with Crippen molar-refractivity contribution in [2.24, 2.45) is 5.41 Å². The summed E-state index contributed by atoms with van der Waals surface area (Å²) in [7, 11) is 0. The Morgan fingerprint density at radius 1 is 0.710 bits per heavy atom. The molecule has 3 unspecified atom stereocenters. The van der Waals surface area contributed by atoms with Crippen LogP contribution in [0.15, 0.2) is 0 Å². The molecule has 0 N–H and O–H groups in total. The van der Waals surface area contributed by atoms with Gasteiger partial charge in [-0.15, -0.1) is 0 Å². The lowest BCUT2D eigenvalue weighted by Gasteiger charge is -2.32. The quantitative estimate of drug-likeness (QED) is 0.122. The molecular weight excluding hydrogens is 460 g/mol. The highest BCUT2D eigenvalue weighted by atomic mass is 32.1. The van der Waals surface area contributed by atoms with Crippen LogP contribution in [0.2, 0.25) is 0 Å². The molecule has 7 nitrogen and oxygen atoms in total. The van der Waals surface area contributed by atoms with Gasteiger partial charge in [0.15, 0.2) is 0 Å². The molecule has 3 atom stereocenters. The van der Waals surface area contributed by atoms with Crippen LogP contribution in [0, 0.1) is 5.41 Å². The Bertz CT molecular complexity index is 474. The van der Waals surface area contributed by atoms with E-state index in [-0.39, 0.29) is 61.4 Å². The fourth-order valence-electron chi connectivity index (χ4n) is 2.39. The van der Waals surface area contributed by atoms with Crippen LogP contribution in [0.25, 0.3) is 0 Å². The van der Waals surface area contributed by atoms with Gasteiger partial charge in [-0.3, -0.25) is 14.4 Å². The van der Waals surface area contributed by atoms with Gasteiger partial charge in [0.25, 0.3) is 0 Å². The molecule has 0 spiro atoms. The fourth-order valence-corrected chi connectivity index (χ4v) is 2.83. The summed E-state index contributed by atoms with van der Waals surface area (Å²) in [6.07, 6.45) is 2.18. The largest absolute Gasteiger partial charge is 0.465 e. The first kappa shape index (κ1) is 30.4. The van der Waals surface area contributed by atoms with Gasteiger partial charge in [-0.2, -0.15) is 37.9 Å². The van der Waals surface area contributed by atoms with E-state index >= 15 is 0 Å². The summed E-state index contributed by atoms with van der Waals surface area (Å²) >= 11 is 12.6. The van der Waals surface area contributed by atoms with Gasteiger partial charge in [-0.25, -0.2) is 0 Å². The summed E-state index contributed by atoms with van der Waals surface area (Å²) in [4.78, 5) is 36.3. The van der Waals surface area contributed by atoms with E-state index in [4.69, 9.17) is 18.9 Å². The monoisotopic (exact) mass is 498 g/mol. The van der Waals surface area contributed by atoms with Crippen LogP contribution in [0.4, 0.5) is 0 Å². The molecule has 0 rings (SSSR count). The number of esters is 3. The van der Waals surface area contributed by atoms with Crippen LogP contribution in [0.3, 0.4) is 0 Å². The first-order valence-electron chi connectivity index (χ1n) is 10.6. The van der Waals surface area contributed by atoms with Crippen LogP contribution in [0.5, 0.6) is 0 Å². The van der Waals surface area contributed by atoms with Crippen molar-refractivity contribution in [2.75, 3.05) is 33.0 Å². The predicted octanol–water partition coefficient (Wildman–Crippen LogP) is 3.54. The Labute approximate surface area is 202 Å². The number of hydrogen-bond donors (Lipinski definition) is 3. The van der Waals surface area contributed by atoms with Gasteiger partial charge in [0.1, 0.15) is 19.8 Å².